The first kappa shape index (κ1) is 17.4. The first-order valence-electron chi connectivity index (χ1n) is 7.61. The second kappa shape index (κ2) is 7.21. The van der Waals surface area contributed by atoms with Crippen molar-refractivity contribution < 1.29 is 22.5 Å². The fourth-order valence-electron chi connectivity index (χ4n) is 2.50. The standard InChI is InChI=1S/C15H17N3O6S/c19-18(20)15-10-13(25(21,22)17-5-8-23-9-6-17)3-4-14(15)16-11-12-2-1-7-24-12/h1-4,7,10,16H,5-6,8-9,11H2. The van der Waals surface area contributed by atoms with E-state index in [1.807, 2.05) is 0 Å². The Kier molecular flexibility index (Phi) is 5.02. The highest BCUT2D eigenvalue weighted by molar-refractivity contribution is 7.89. The van der Waals surface area contributed by atoms with Gasteiger partial charge < -0.3 is 14.5 Å². The number of rotatable bonds is 6. The Morgan fingerprint density at radius 2 is 2.00 bits per heavy atom. The third kappa shape index (κ3) is 3.81. The van der Waals surface area contributed by atoms with E-state index in [0.29, 0.717) is 19.0 Å². The van der Waals surface area contributed by atoms with Crippen molar-refractivity contribution in [2.75, 3.05) is 31.6 Å². The van der Waals surface area contributed by atoms with E-state index in [1.54, 1.807) is 12.1 Å². The second-order valence-corrected chi connectivity index (χ2v) is 7.32. The molecule has 0 unspecified atom stereocenters. The zero-order valence-corrected chi connectivity index (χ0v) is 14.1. The minimum atomic E-state index is -3.79. The summed E-state index contributed by atoms with van der Waals surface area (Å²) >= 11 is 0. The molecule has 1 N–H and O–H groups in total. The highest BCUT2D eigenvalue weighted by Crippen LogP contribution is 2.29. The highest BCUT2D eigenvalue weighted by atomic mass is 32.2. The normalized spacial score (nSPS) is 15.8. The third-order valence-corrected chi connectivity index (χ3v) is 5.70. The van der Waals surface area contributed by atoms with E-state index in [2.05, 4.69) is 5.32 Å². The van der Waals surface area contributed by atoms with Gasteiger partial charge in [0.05, 0.1) is 35.8 Å². The molecule has 3 rings (SSSR count). The molecule has 2 aromatic rings. The number of furan rings is 1. The SMILES string of the molecule is O=[N+]([O-])c1cc(S(=O)(=O)N2CCOCC2)ccc1NCc1ccco1. The predicted molar refractivity (Wildman–Crippen MR) is 88.7 cm³/mol. The van der Waals surface area contributed by atoms with Crippen LogP contribution in [-0.2, 0) is 21.3 Å². The lowest BCUT2D eigenvalue weighted by Crippen LogP contribution is -2.40. The summed E-state index contributed by atoms with van der Waals surface area (Å²) in [6.45, 7) is 1.33. The number of hydrogen-bond donors (Lipinski definition) is 1. The highest BCUT2D eigenvalue weighted by Gasteiger charge is 2.28. The molecular weight excluding hydrogens is 350 g/mol. The van der Waals surface area contributed by atoms with Gasteiger partial charge >= 0.3 is 0 Å². The van der Waals surface area contributed by atoms with Crippen LogP contribution in [0.15, 0.2) is 45.9 Å². The topological polar surface area (TPSA) is 115 Å². The van der Waals surface area contributed by atoms with E-state index in [0.717, 1.165) is 6.07 Å². The molecule has 0 saturated carbocycles. The van der Waals surface area contributed by atoms with Crippen molar-refractivity contribution in [1.82, 2.24) is 4.31 Å². The molecule has 134 valence electrons. The second-order valence-electron chi connectivity index (χ2n) is 5.39. The van der Waals surface area contributed by atoms with E-state index in [9.17, 15) is 18.5 Å². The molecule has 0 aliphatic carbocycles. The fraction of sp³-hybridized carbons (Fsp3) is 0.333. The minimum absolute atomic E-state index is 0.107. The number of morpholine rings is 1. The van der Waals surface area contributed by atoms with Crippen LogP contribution in [0.2, 0.25) is 0 Å². The van der Waals surface area contributed by atoms with Gasteiger partial charge in [0, 0.05) is 19.2 Å². The smallest absolute Gasteiger partial charge is 0.293 e. The number of ether oxygens (including phenoxy) is 1. The summed E-state index contributed by atoms with van der Waals surface area (Å²) in [5.74, 6) is 0.610. The van der Waals surface area contributed by atoms with Gasteiger partial charge in [-0.05, 0) is 24.3 Å². The van der Waals surface area contributed by atoms with Crippen LogP contribution in [0.1, 0.15) is 5.76 Å². The van der Waals surface area contributed by atoms with Crippen molar-refractivity contribution in [2.24, 2.45) is 0 Å². The number of nitrogens with one attached hydrogen (secondary N) is 1. The van der Waals surface area contributed by atoms with Crippen LogP contribution in [0.25, 0.3) is 0 Å². The average molecular weight is 367 g/mol. The molecule has 10 heteroatoms. The van der Waals surface area contributed by atoms with Gasteiger partial charge in [-0.1, -0.05) is 0 Å². The molecule has 0 amide bonds. The number of hydrogen-bond acceptors (Lipinski definition) is 7. The third-order valence-electron chi connectivity index (χ3n) is 3.81. The molecule has 1 aromatic carbocycles. The molecule has 1 saturated heterocycles. The Hall–Kier alpha value is -2.43. The van der Waals surface area contributed by atoms with E-state index >= 15 is 0 Å². The summed E-state index contributed by atoms with van der Waals surface area (Å²) in [6.07, 6.45) is 1.50. The number of anilines is 1. The molecule has 0 radical (unpaired) electrons. The molecule has 0 bridgehead atoms. The van der Waals surface area contributed by atoms with Crippen molar-refractivity contribution in [2.45, 2.75) is 11.4 Å². The monoisotopic (exact) mass is 367 g/mol. The quantitative estimate of drug-likeness (QED) is 0.611. The Balaban J connectivity index is 1.86. The Morgan fingerprint density at radius 3 is 2.64 bits per heavy atom. The van der Waals surface area contributed by atoms with Gasteiger partial charge in [-0.25, -0.2) is 8.42 Å². The summed E-state index contributed by atoms with van der Waals surface area (Å²) in [5.41, 5.74) is -0.0804. The average Bonchev–Trinajstić information content (AvgIpc) is 3.14. The summed E-state index contributed by atoms with van der Waals surface area (Å²) in [5, 5.41) is 14.2. The zero-order chi connectivity index (χ0) is 17.9. The maximum absolute atomic E-state index is 12.6. The minimum Gasteiger partial charge on any atom is -0.467 e. The van der Waals surface area contributed by atoms with Gasteiger partial charge in [-0.3, -0.25) is 10.1 Å². The van der Waals surface area contributed by atoms with Crippen LogP contribution in [0.4, 0.5) is 11.4 Å². The largest absolute Gasteiger partial charge is 0.467 e. The first-order valence-corrected chi connectivity index (χ1v) is 9.05. The van der Waals surface area contributed by atoms with Gasteiger partial charge in [-0.2, -0.15) is 4.31 Å². The van der Waals surface area contributed by atoms with Gasteiger partial charge in [0.2, 0.25) is 10.0 Å². The van der Waals surface area contributed by atoms with Crippen LogP contribution >= 0.6 is 0 Å². The molecule has 0 spiro atoms. The van der Waals surface area contributed by atoms with Crippen LogP contribution in [0.3, 0.4) is 0 Å². The first-order chi connectivity index (χ1) is 12.0. The molecule has 0 atom stereocenters. The summed E-state index contributed by atoms with van der Waals surface area (Å²) in [4.78, 5) is 10.6. The van der Waals surface area contributed by atoms with Gasteiger partial charge in [-0.15, -0.1) is 0 Å². The summed E-state index contributed by atoms with van der Waals surface area (Å²) in [7, 11) is -3.79. The number of sulfonamides is 1. The molecule has 1 fully saturated rings. The Morgan fingerprint density at radius 1 is 1.24 bits per heavy atom. The van der Waals surface area contributed by atoms with E-state index in [4.69, 9.17) is 9.15 Å². The maximum Gasteiger partial charge on any atom is 0.293 e. The maximum atomic E-state index is 12.6. The molecule has 1 aromatic heterocycles. The number of nitrogens with zero attached hydrogens (tertiary/aromatic N) is 2. The zero-order valence-electron chi connectivity index (χ0n) is 13.3. The van der Waals surface area contributed by atoms with E-state index in [-0.39, 0.29) is 35.9 Å². The van der Waals surface area contributed by atoms with Crippen molar-refractivity contribution in [3.63, 3.8) is 0 Å². The van der Waals surface area contributed by atoms with Gasteiger partial charge in [0.25, 0.3) is 5.69 Å². The van der Waals surface area contributed by atoms with E-state index < -0.39 is 14.9 Å². The molecule has 2 heterocycles. The number of nitro benzene ring substituents is 1. The molecular formula is C15H17N3O6S. The number of benzene rings is 1. The molecule has 1 aliphatic heterocycles. The summed E-state index contributed by atoms with van der Waals surface area (Å²) < 4.78 is 36.8. The lowest BCUT2D eigenvalue weighted by molar-refractivity contribution is -0.384. The van der Waals surface area contributed by atoms with Crippen LogP contribution in [-0.4, -0.2) is 43.9 Å². The molecule has 25 heavy (non-hydrogen) atoms. The van der Waals surface area contributed by atoms with E-state index in [1.165, 1.54) is 22.7 Å². The van der Waals surface area contributed by atoms with Crippen molar-refractivity contribution in [1.29, 1.82) is 0 Å². The van der Waals surface area contributed by atoms with Crippen LogP contribution in [0.5, 0.6) is 0 Å². The predicted octanol–water partition coefficient (Wildman–Crippen LogP) is 1.82. The van der Waals surface area contributed by atoms with Crippen molar-refractivity contribution in [3.05, 3.63) is 52.5 Å². The fourth-order valence-corrected chi connectivity index (χ4v) is 3.93. The summed E-state index contributed by atoms with van der Waals surface area (Å²) in [6, 6.07) is 7.28. The number of nitro groups is 1. The Bertz CT molecular complexity index is 844. The van der Waals surface area contributed by atoms with Crippen molar-refractivity contribution >= 4 is 21.4 Å². The molecule has 9 nitrogen and oxygen atoms in total. The van der Waals surface area contributed by atoms with Crippen LogP contribution in [0, 0.1) is 10.1 Å². The lowest BCUT2D eigenvalue weighted by Gasteiger charge is -2.26. The van der Waals surface area contributed by atoms with Crippen LogP contribution < -0.4 is 5.32 Å². The van der Waals surface area contributed by atoms with Gasteiger partial charge in [0.15, 0.2) is 0 Å². The van der Waals surface area contributed by atoms with Gasteiger partial charge in [0.1, 0.15) is 11.4 Å². The lowest BCUT2D eigenvalue weighted by atomic mass is 10.2. The molecule has 1 aliphatic rings. The van der Waals surface area contributed by atoms with Crippen molar-refractivity contribution in [3.8, 4) is 0 Å². The Labute approximate surface area is 144 Å².